The van der Waals surface area contributed by atoms with E-state index in [1.54, 1.807) is 4.90 Å². The molecule has 23 heavy (non-hydrogen) atoms. The molecule has 1 atom stereocenters. The zero-order valence-corrected chi connectivity index (χ0v) is 12.9. The van der Waals surface area contributed by atoms with Gasteiger partial charge < -0.3 is 16.0 Å². The van der Waals surface area contributed by atoms with Crippen LogP contribution in [0.15, 0.2) is 18.2 Å². The average Bonchev–Trinajstić information content (AvgIpc) is 2.55. The van der Waals surface area contributed by atoms with E-state index in [1.807, 2.05) is 0 Å². The molecule has 1 aliphatic rings. The zero-order valence-electron chi connectivity index (χ0n) is 12.9. The highest BCUT2D eigenvalue weighted by molar-refractivity contribution is 5.94. The van der Waals surface area contributed by atoms with E-state index in [-0.39, 0.29) is 36.4 Å². The maximum absolute atomic E-state index is 13.3. The molecule has 3 N–H and O–H groups in total. The topological polar surface area (TPSA) is 75.4 Å². The van der Waals surface area contributed by atoms with Crippen molar-refractivity contribution in [1.82, 2.24) is 10.2 Å². The van der Waals surface area contributed by atoms with E-state index in [0.29, 0.717) is 13.1 Å². The molecule has 7 heteroatoms. The molecule has 1 saturated heterocycles. The minimum atomic E-state index is -1.04. The standard InChI is InChI=1S/C16H21F2N3O2/c17-13-5-4-11(9-14(13)18)16(23)21-8-2-1-3-12(21)10-20-15(22)6-7-19/h4-5,9,12H,1-3,6-8,10,19H2,(H,20,22). The first kappa shape index (κ1) is 17.3. The highest BCUT2D eigenvalue weighted by Gasteiger charge is 2.28. The summed E-state index contributed by atoms with van der Waals surface area (Å²) in [5, 5.41) is 2.76. The van der Waals surface area contributed by atoms with Crippen LogP contribution in [0.3, 0.4) is 0 Å². The molecular formula is C16H21F2N3O2. The Balaban J connectivity index is 2.06. The van der Waals surface area contributed by atoms with Gasteiger partial charge in [0.25, 0.3) is 5.91 Å². The molecule has 0 spiro atoms. The molecule has 0 radical (unpaired) electrons. The number of carbonyl (C=O) groups is 2. The molecule has 126 valence electrons. The maximum Gasteiger partial charge on any atom is 0.254 e. The molecule has 5 nitrogen and oxygen atoms in total. The van der Waals surface area contributed by atoms with E-state index in [4.69, 9.17) is 5.73 Å². The number of rotatable bonds is 5. The molecule has 1 aliphatic heterocycles. The number of nitrogens with two attached hydrogens (primary N) is 1. The van der Waals surface area contributed by atoms with E-state index in [1.165, 1.54) is 6.07 Å². The summed E-state index contributed by atoms with van der Waals surface area (Å²) in [5.41, 5.74) is 5.44. The van der Waals surface area contributed by atoms with Crippen LogP contribution in [0.25, 0.3) is 0 Å². The first-order chi connectivity index (χ1) is 11.0. The van der Waals surface area contributed by atoms with Crippen LogP contribution in [0.4, 0.5) is 8.78 Å². The molecule has 0 saturated carbocycles. The molecule has 0 aromatic heterocycles. The number of likely N-dealkylation sites (tertiary alicyclic amines) is 1. The lowest BCUT2D eigenvalue weighted by molar-refractivity contribution is -0.121. The number of hydrogen-bond donors (Lipinski definition) is 2. The molecule has 0 bridgehead atoms. The Morgan fingerprint density at radius 3 is 2.74 bits per heavy atom. The molecular weight excluding hydrogens is 304 g/mol. The van der Waals surface area contributed by atoms with Gasteiger partial charge in [0.15, 0.2) is 11.6 Å². The fourth-order valence-corrected chi connectivity index (χ4v) is 2.73. The van der Waals surface area contributed by atoms with Crippen molar-refractivity contribution in [3.63, 3.8) is 0 Å². The lowest BCUT2D eigenvalue weighted by Gasteiger charge is -2.36. The number of carbonyl (C=O) groups excluding carboxylic acids is 2. The Bertz CT molecular complexity index is 580. The number of piperidine rings is 1. The van der Waals surface area contributed by atoms with Crippen LogP contribution in [-0.4, -0.2) is 42.4 Å². The predicted molar refractivity (Wildman–Crippen MR) is 81.7 cm³/mol. The third-order valence-electron chi connectivity index (χ3n) is 3.96. The van der Waals surface area contributed by atoms with Crippen molar-refractivity contribution >= 4 is 11.8 Å². The minimum absolute atomic E-state index is 0.115. The quantitative estimate of drug-likeness (QED) is 0.860. The number of nitrogens with one attached hydrogen (secondary N) is 1. The van der Waals surface area contributed by atoms with Crippen LogP contribution in [0, 0.1) is 11.6 Å². The van der Waals surface area contributed by atoms with Gasteiger partial charge in [-0.3, -0.25) is 9.59 Å². The fraction of sp³-hybridized carbons (Fsp3) is 0.500. The van der Waals surface area contributed by atoms with Gasteiger partial charge in [-0.2, -0.15) is 0 Å². The normalized spacial score (nSPS) is 17.9. The smallest absolute Gasteiger partial charge is 0.254 e. The van der Waals surface area contributed by atoms with Crippen molar-refractivity contribution in [3.05, 3.63) is 35.4 Å². The summed E-state index contributed by atoms with van der Waals surface area (Å²) >= 11 is 0. The first-order valence-electron chi connectivity index (χ1n) is 7.75. The number of hydrogen-bond acceptors (Lipinski definition) is 3. The Labute approximate surface area is 133 Å². The maximum atomic E-state index is 13.3. The monoisotopic (exact) mass is 325 g/mol. The predicted octanol–water partition coefficient (Wildman–Crippen LogP) is 1.42. The number of amides is 2. The number of halogens is 2. The summed E-state index contributed by atoms with van der Waals surface area (Å²) in [6, 6.07) is 2.99. The second-order valence-electron chi connectivity index (χ2n) is 5.62. The second-order valence-corrected chi connectivity index (χ2v) is 5.62. The fourth-order valence-electron chi connectivity index (χ4n) is 2.73. The average molecular weight is 325 g/mol. The summed E-state index contributed by atoms with van der Waals surface area (Å²) < 4.78 is 26.3. The van der Waals surface area contributed by atoms with E-state index >= 15 is 0 Å². The number of benzene rings is 1. The van der Waals surface area contributed by atoms with Crippen molar-refractivity contribution in [2.24, 2.45) is 5.73 Å². The Morgan fingerprint density at radius 1 is 1.26 bits per heavy atom. The largest absolute Gasteiger partial charge is 0.354 e. The van der Waals surface area contributed by atoms with Gasteiger partial charge in [0, 0.05) is 37.7 Å². The molecule has 1 aromatic carbocycles. The summed E-state index contributed by atoms with van der Waals surface area (Å²) in [5.74, 6) is -2.52. The van der Waals surface area contributed by atoms with Crippen molar-refractivity contribution in [2.45, 2.75) is 31.7 Å². The van der Waals surface area contributed by atoms with E-state index in [2.05, 4.69) is 5.32 Å². The van der Waals surface area contributed by atoms with Crippen molar-refractivity contribution in [1.29, 1.82) is 0 Å². The Hall–Kier alpha value is -2.02. The van der Waals surface area contributed by atoms with E-state index < -0.39 is 11.6 Å². The van der Waals surface area contributed by atoms with Crippen molar-refractivity contribution in [3.8, 4) is 0 Å². The van der Waals surface area contributed by atoms with Gasteiger partial charge in [0.1, 0.15) is 0 Å². The van der Waals surface area contributed by atoms with Gasteiger partial charge in [-0.25, -0.2) is 8.78 Å². The van der Waals surface area contributed by atoms with Gasteiger partial charge in [-0.1, -0.05) is 0 Å². The summed E-state index contributed by atoms with van der Waals surface area (Å²) in [6.07, 6.45) is 2.81. The third kappa shape index (κ3) is 4.48. The molecule has 1 fully saturated rings. The summed E-state index contributed by atoms with van der Waals surface area (Å²) in [4.78, 5) is 25.7. The summed E-state index contributed by atoms with van der Waals surface area (Å²) in [7, 11) is 0. The van der Waals surface area contributed by atoms with Crippen LogP contribution in [0.2, 0.25) is 0 Å². The number of nitrogens with zero attached hydrogens (tertiary/aromatic N) is 1. The Kier molecular flexibility index (Phi) is 6.04. The van der Waals surface area contributed by atoms with Crippen LogP contribution >= 0.6 is 0 Å². The SMILES string of the molecule is NCCC(=O)NCC1CCCCN1C(=O)c1ccc(F)c(F)c1. The summed E-state index contributed by atoms with van der Waals surface area (Å²) in [6.45, 7) is 1.15. The molecule has 1 aromatic rings. The second kappa shape index (κ2) is 8.01. The van der Waals surface area contributed by atoms with Gasteiger partial charge in [0.05, 0.1) is 0 Å². The molecule has 1 unspecified atom stereocenters. The van der Waals surface area contributed by atoms with Crippen LogP contribution in [0.1, 0.15) is 36.0 Å². The third-order valence-corrected chi connectivity index (χ3v) is 3.96. The van der Waals surface area contributed by atoms with Gasteiger partial charge in [-0.05, 0) is 37.5 Å². The van der Waals surface area contributed by atoms with Crippen LogP contribution in [0.5, 0.6) is 0 Å². The van der Waals surface area contributed by atoms with Gasteiger partial charge in [-0.15, -0.1) is 0 Å². The molecule has 2 amide bonds. The van der Waals surface area contributed by atoms with Crippen molar-refractivity contribution < 1.29 is 18.4 Å². The lowest BCUT2D eigenvalue weighted by atomic mass is 10.0. The van der Waals surface area contributed by atoms with Crippen LogP contribution < -0.4 is 11.1 Å². The van der Waals surface area contributed by atoms with Crippen molar-refractivity contribution in [2.75, 3.05) is 19.6 Å². The molecule has 1 heterocycles. The van der Waals surface area contributed by atoms with Gasteiger partial charge in [0.2, 0.25) is 5.91 Å². The first-order valence-corrected chi connectivity index (χ1v) is 7.75. The van der Waals surface area contributed by atoms with E-state index in [0.717, 1.165) is 31.4 Å². The lowest BCUT2D eigenvalue weighted by Crippen LogP contribution is -2.49. The molecule has 2 rings (SSSR count). The molecule has 0 aliphatic carbocycles. The van der Waals surface area contributed by atoms with Crippen LogP contribution in [-0.2, 0) is 4.79 Å². The zero-order chi connectivity index (χ0) is 16.8. The highest BCUT2D eigenvalue weighted by atomic mass is 19.2. The van der Waals surface area contributed by atoms with E-state index in [9.17, 15) is 18.4 Å². The minimum Gasteiger partial charge on any atom is -0.354 e. The highest BCUT2D eigenvalue weighted by Crippen LogP contribution is 2.20. The Morgan fingerprint density at radius 2 is 2.04 bits per heavy atom. The van der Waals surface area contributed by atoms with Gasteiger partial charge >= 0.3 is 0 Å².